The Kier molecular flexibility index (Phi) is 3.02. The van der Waals surface area contributed by atoms with Gasteiger partial charge in [0.25, 0.3) is 5.56 Å². The number of fused-ring (bicyclic) bond motifs is 2. The number of aromatic amines is 1. The molecule has 0 radical (unpaired) electrons. The third-order valence-electron chi connectivity index (χ3n) is 2.98. The van der Waals surface area contributed by atoms with Gasteiger partial charge in [0.05, 0.1) is 24.1 Å². The van der Waals surface area contributed by atoms with E-state index in [9.17, 15) is 9.59 Å². The first-order valence-corrected chi connectivity index (χ1v) is 6.15. The van der Waals surface area contributed by atoms with Crippen molar-refractivity contribution in [1.82, 2.24) is 10.2 Å². The number of carbonyl (C=O) groups excluding carboxylic acids is 1. The number of carbonyl (C=O) groups is 1. The van der Waals surface area contributed by atoms with Crippen molar-refractivity contribution in [2.24, 2.45) is 0 Å². The van der Waals surface area contributed by atoms with Gasteiger partial charge in [0.15, 0.2) is 11.5 Å². The molecule has 0 atom stereocenters. The largest absolute Gasteiger partial charge is 0.466 e. The summed E-state index contributed by atoms with van der Waals surface area (Å²) in [5, 5.41) is 7.26. The van der Waals surface area contributed by atoms with E-state index in [1.54, 1.807) is 19.1 Å². The molecule has 0 unspecified atom stereocenters. The molecule has 1 N–H and O–H groups in total. The first-order valence-electron chi connectivity index (χ1n) is 6.15. The summed E-state index contributed by atoms with van der Waals surface area (Å²) in [4.78, 5) is 23.4. The van der Waals surface area contributed by atoms with Crippen LogP contribution in [-0.2, 0) is 16.0 Å². The number of nitrogens with one attached hydrogen (secondary N) is 1. The second kappa shape index (κ2) is 4.84. The number of esters is 1. The van der Waals surface area contributed by atoms with E-state index in [1.165, 1.54) is 0 Å². The molecule has 1 aliphatic rings. The Bertz CT molecular complexity index is 737. The number of benzene rings is 1. The van der Waals surface area contributed by atoms with Crippen molar-refractivity contribution in [3.05, 3.63) is 28.2 Å². The minimum Gasteiger partial charge on any atom is -0.466 e. The summed E-state index contributed by atoms with van der Waals surface area (Å²) < 4.78 is 15.4. The van der Waals surface area contributed by atoms with Gasteiger partial charge in [-0.05, 0) is 19.1 Å². The molecule has 104 valence electrons. The van der Waals surface area contributed by atoms with Gasteiger partial charge in [-0.2, -0.15) is 5.10 Å². The van der Waals surface area contributed by atoms with Crippen LogP contribution in [0.3, 0.4) is 0 Å². The smallest absolute Gasteiger partial charge is 0.311 e. The first kappa shape index (κ1) is 12.5. The predicted octanol–water partition coefficient (Wildman–Crippen LogP) is 0.757. The molecule has 20 heavy (non-hydrogen) atoms. The third kappa shape index (κ3) is 2.07. The van der Waals surface area contributed by atoms with Crippen LogP contribution in [0.4, 0.5) is 0 Å². The molecule has 7 nitrogen and oxygen atoms in total. The van der Waals surface area contributed by atoms with Crippen LogP contribution in [0.5, 0.6) is 11.5 Å². The SMILES string of the molecule is CCOC(=O)Cc1n[nH]c(=O)c2cc3c(cc12)OCO3. The quantitative estimate of drug-likeness (QED) is 0.832. The normalized spacial score (nSPS) is 12.7. The van der Waals surface area contributed by atoms with Gasteiger partial charge in [0.2, 0.25) is 6.79 Å². The summed E-state index contributed by atoms with van der Waals surface area (Å²) in [6.45, 7) is 2.14. The number of hydrogen-bond acceptors (Lipinski definition) is 6. The van der Waals surface area contributed by atoms with Crippen LogP contribution >= 0.6 is 0 Å². The number of H-pyrrole nitrogens is 1. The van der Waals surface area contributed by atoms with Crippen LogP contribution in [0.1, 0.15) is 12.6 Å². The molecule has 2 heterocycles. The monoisotopic (exact) mass is 276 g/mol. The van der Waals surface area contributed by atoms with Crippen molar-refractivity contribution in [3.63, 3.8) is 0 Å². The lowest BCUT2D eigenvalue weighted by Crippen LogP contribution is -2.15. The van der Waals surface area contributed by atoms with Crippen molar-refractivity contribution in [2.45, 2.75) is 13.3 Å². The van der Waals surface area contributed by atoms with Crippen molar-refractivity contribution in [3.8, 4) is 11.5 Å². The van der Waals surface area contributed by atoms with E-state index in [4.69, 9.17) is 14.2 Å². The Morgan fingerprint density at radius 2 is 2.05 bits per heavy atom. The average molecular weight is 276 g/mol. The summed E-state index contributed by atoms with van der Waals surface area (Å²) in [6.07, 6.45) is -0.0131. The third-order valence-corrected chi connectivity index (χ3v) is 2.98. The van der Waals surface area contributed by atoms with Crippen LogP contribution in [0.25, 0.3) is 10.8 Å². The van der Waals surface area contributed by atoms with Crippen molar-refractivity contribution < 1.29 is 19.0 Å². The molecule has 0 bridgehead atoms. The summed E-state index contributed by atoms with van der Waals surface area (Å²) in [6, 6.07) is 3.25. The van der Waals surface area contributed by atoms with Crippen LogP contribution in [-0.4, -0.2) is 29.6 Å². The molecular formula is C13H12N2O5. The lowest BCUT2D eigenvalue weighted by molar-refractivity contribution is -0.142. The van der Waals surface area contributed by atoms with Crippen LogP contribution in [0.15, 0.2) is 16.9 Å². The van der Waals surface area contributed by atoms with E-state index < -0.39 is 5.97 Å². The minimum atomic E-state index is -0.397. The summed E-state index contributed by atoms with van der Waals surface area (Å²) in [7, 11) is 0. The number of rotatable bonds is 3. The topological polar surface area (TPSA) is 90.5 Å². The zero-order chi connectivity index (χ0) is 14.1. The van der Waals surface area contributed by atoms with Gasteiger partial charge >= 0.3 is 5.97 Å². The van der Waals surface area contributed by atoms with Gasteiger partial charge in [-0.3, -0.25) is 9.59 Å². The van der Waals surface area contributed by atoms with Gasteiger partial charge in [-0.25, -0.2) is 5.10 Å². The van der Waals surface area contributed by atoms with Crippen molar-refractivity contribution >= 4 is 16.7 Å². The first-order chi connectivity index (χ1) is 9.69. The van der Waals surface area contributed by atoms with Crippen LogP contribution in [0, 0.1) is 0 Å². The number of nitrogens with zero attached hydrogens (tertiary/aromatic N) is 1. The second-order valence-electron chi connectivity index (χ2n) is 4.23. The van der Waals surface area contributed by atoms with Crippen LogP contribution in [0.2, 0.25) is 0 Å². The molecule has 0 saturated heterocycles. The Morgan fingerprint density at radius 3 is 2.75 bits per heavy atom. The highest BCUT2D eigenvalue weighted by atomic mass is 16.7. The Labute approximate surface area is 113 Å². The van der Waals surface area contributed by atoms with E-state index in [0.717, 1.165) is 0 Å². The van der Waals surface area contributed by atoms with E-state index in [0.29, 0.717) is 34.6 Å². The van der Waals surface area contributed by atoms with E-state index in [1.807, 2.05) is 0 Å². The number of aromatic nitrogens is 2. The fourth-order valence-corrected chi connectivity index (χ4v) is 2.09. The molecule has 1 aliphatic heterocycles. The summed E-state index contributed by atoms with van der Waals surface area (Å²) >= 11 is 0. The summed E-state index contributed by atoms with van der Waals surface area (Å²) in [5.74, 6) is 0.650. The number of hydrogen-bond donors (Lipinski definition) is 1. The van der Waals surface area contributed by atoms with Gasteiger partial charge in [-0.15, -0.1) is 0 Å². The van der Waals surface area contributed by atoms with E-state index in [-0.39, 0.29) is 18.8 Å². The molecule has 0 saturated carbocycles. The predicted molar refractivity (Wildman–Crippen MR) is 68.8 cm³/mol. The lowest BCUT2D eigenvalue weighted by Gasteiger charge is -2.06. The zero-order valence-electron chi connectivity index (χ0n) is 10.8. The Balaban J connectivity index is 2.11. The maximum Gasteiger partial charge on any atom is 0.311 e. The van der Waals surface area contributed by atoms with Gasteiger partial charge in [0.1, 0.15) is 0 Å². The van der Waals surface area contributed by atoms with Gasteiger partial charge in [-0.1, -0.05) is 0 Å². The maximum atomic E-state index is 11.8. The fraction of sp³-hybridized carbons (Fsp3) is 0.308. The maximum absolute atomic E-state index is 11.8. The molecule has 0 spiro atoms. The summed E-state index contributed by atoms with van der Waals surface area (Å²) in [5.41, 5.74) is 0.0993. The molecule has 1 aromatic carbocycles. The molecule has 0 amide bonds. The molecular weight excluding hydrogens is 264 g/mol. The minimum absolute atomic E-state index is 0.0131. The van der Waals surface area contributed by atoms with E-state index >= 15 is 0 Å². The van der Waals surface area contributed by atoms with Gasteiger partial charge in [0, 0.05) is 5.39 Å². The number of ether oxygens (including phenoxy) is 3. The highest BCUT2D eigenvalue weighted by Crippen LogP contribution is 2.35. The molecule has 2 aromatic rings. The second-order valence-corrected chi connectivity index (χ2v) is 4.23. The Morgan fingerprint density at radius 1 is 1.35 bits per heavy atom. The zero-order valence-corrected chi connectivity index (χ0v) is 10.8. The molecule has 3 rings (SSSR count). The molecule has 0 fully saturated rings. The highest BCUT2D eigenvalue weighted by molar-refractivity contribution is 5.89. The van der Waals surface area contributed by atoms with Gasteiger partial charge < -0.3 is 14.2 Å². The lowest BCUT2D eigenvalue weighted by atomic mass is 10.1. The highest BCUT2D eigenvalue weighted by Gasteiger charge is 2.19. The average Bonchev–Trinajstić information content (AvgIpc) is 2.88. The molecule has 0 aliphatic carbocycles. The molecule has 1 aromatic heterocycles. The van der Waals surface area contributed by atoms with Crippen molar-refractivity contribution in [1.29, 1.82) is 0 Å². The van der Waals surface area contributed by atoms with Crippen LogP contribution < -0.4 is 15.0 Å². The Hall–Kier alpha value is -2.57. The molecule has 7 heteroatoms. The fourth-order valence-electron chi connectivity index (χ4n) is 2.09. The standard InChI is InChI=1S/C13H12N2O5/c1-2-18-12(16)5-9-7-3-10-11(20-6-19-10)4-8(7)13(17)15-14-9/h3-4H,2,5-6H2,1H3,(H,15,17). The van der Waals surface area contributed by atoms with Crippen molar-refractivity contribution in [2.75, 3.05) is 13.4 Å². The van der Waals surface area contributed by atoms with E-state index in [2.05, 4.69) is 10.2 Å².